The Morgan fingerprint density at radius 3 is 2.39 bits per heavy atom. The number of carbonyl (C=O) groups excluding carboxylic acids is 3. The van der Waals surface area contributed by atoms with Gasteiger partial charge in [0.05, 0.1) is 25.7 Å². The van der Waals surface area contributed by atoms with Gasteiger partial charge in [-0.3, -0.25) is 14.4 Å². The molecule has 0 unspecified atom stereocenters. The molecule has 0 bridgehead atoms. The van der Waals surface area contributed by atoms with Crippen molar-refractivity contribution < 1.29 is 29.0 Å². The molecule has 28 heavy (non-hydrogen) atoms. The Labute approximate surface area is 165 Å². The third-order valence-electron chi connectivity index (χ3n) is 4.81. The van der Waals surface area contributed by atoms with E-state index in [1.165, 1.54) is 0 Å². The molecule has 1 aliphatic rings. The lowest BCUT2D eigenvalue weighted by Crippen LogP contribution is -2.47. The van der Waals surface area contributed by atoms with E-state index in [-0.39, 0.29) is 19.4 Å². The predicted molar refractivity (Wildman–Crippen MR) is 102 cm³/mol. The van der Waals surface area contributed by atoms with Gasteiger partial charge < -0.3 is 19.9 Å². The van der Waals surface area contributed by atoms with Crippen molar-refractivity contribution >= 4 is 17.8 Å². The molecular formula is C21H29NO6. The van der Waals surface area contributed by atoms with Crippen LogP contribution in [0.5, 0.6) is 0 Å². The largest absolute Gasteiger partial charge is 0.465 e. The number of benzene rings is 1. The van der Waals surface area contributed by atoms with E-state index in [0.29, 0.717) is 0 Å². The summed E-state index contributed by atoms with van der Waals surface area (Å²) in [5, 5.41) is 12.5. The van der Waals surface area contributed by atoms with E-state index in [4.69, 9.17) is 9.47 Å². The normalized spacial score (nSPS) is 24.5. The molecule has 0 radical (unpaired) electrons. The zero-order valence-electron chi connectivity index (χ0n) is 16.9. The molecule has 1 amide bonds. The van der Waals surface area contributed by atoms with Crippen LogP contribution in [-0.4, -0.2) is 47.8 Å². The maximum Gasteiger partial charge on any atom is 0.322 e. The first-order valence-electron chi connectivity index (χ1n) is 9.49. The van der Waals surface area contributed by atoms with Crippen LogP contribution >= 0.6 is 0 Å². The average molecular weight is 391 g/mol. The minimum Gasteiger partial charge on any atom is -0.465 e. The monoisotopic (exact) mass is 391 g/mol. The number of aliphatic hydroxyl groups excluding tert-OH is 1. The summed E-state index contributed by atoms with van der Waals surface area (Å²) < 4.78 is 10.6. The molecule has 2 N–H and O–H groups in total. The maximum atomic E-state index is 13.0. The summed E-state index contributed by atoms with van der Waals surface area (Å²) in [4.78, 5) is 38.5. The van der Waals surface area contributed by atoms with Gasteiger partial charge in [0.1, 0.15) is 5.60 Å². The average Bonchev–Trinajstić information content (AvgIpc) is 2.87. The first-order chi connectivity index (χ1) is 13.1. The fourth-order valence-corrected chi connectivity index (χ4v) is 3.67. The quantitative estimate of drug-likeness (QED) is 0.541. The molecule has 0 spiro atoms. The number of hydrogen-bond donors (Lipinski definition) is 2. The number of carbonyl (C=O) groups is 3. The summed E-state index contributed by atoms with van der Waals surface area (Å²) in [5.74, 6) is -2.56. The van der Waals surface area contributed by atoms with Crippen molar-refractivity contribution in [1.82, 2.24) is 5.32 Å². The van der Waals surface area contributed by atoms with Crippen molar-refractivity contribution in [3.8, 4) is 0 Å². The molecule has 0 saturated carbocycles. The minimum atomic E-state index is -1.61. The van der Waals surface area contributed by atoms with E-state index in [9.17, 15) is 19.5 Å². The number of esters is 2. The van der Waals surface area contributed by atoms with Gasteiger partial charge in [0.25, 0.3) is 0 Å². The molecule has 154 valence electrons. The van der Waals surface area contributed by atoms with Crippen molar-refractivity contribution in [2.24, 2.45) is 11.3 Å². The number of nitrogens with one attached hydrogen (secondary N) is 1. The van der Waals surface area contributed by atoms with E-state index >= 15 is 0 Å². The fourth-order valence-electron chi connectivity index (χ4n) is 3.67. The van der Waals surface area contributed by atoms with Gasteiger partial charge in [-0.1, -0.05) is 30.3 Å². The van der Waals surface area contributed by atoms with Crippen molar-refractivity contribution in [2.45, 2.75) is 52.2 Å². The molecule has 0 aromatic heterocycles. The van der Waals surface area contributed by atoms with E-state index < -0.39 is 47.4 Å². The van der Waals surface area contributed by atoms with Crippen LogP contribution in [0.15, 0.2) is 30.3 Å². The summed E-state index contributed by atoms with van der Waals surface area (Å²) in [5.41, 5.74) is -1.55. The Kier molecular flexibility index (Phi) is 6.82. The Morgan fingerprint density at radius 2 is 1.86 bits per heavy atom. The first-order valence-corrected chi connectivity index (χ1v) is 9.49. The lowest BCUT2D eigenvalue weighted by Gasteiger charge is -2.32. The second-order valence-electron chi connectivity index (χ2n) is 8.01. The van der Waals surface area contributed by atoms with Gasteiger partial charge in [-0.2, -0.15) is 0 Å². The lowest BCUT2D eigenvalue weighted by molar-refractivity contribution is -0.165. The highest BCUT2D eigenvalue weighted by Crippen LogP contribution is 2.43. The van der Waals surface area contributed by atoms with Gasteiger partial charge in [0.15, 0.2) is 5.41 Å². The number of aliphatic hydroxyl groups is 1. The number of ether oxygens (including phenoxy) is 2. The number of amides is 1. The number of rotatable bonds is 7. The summed E-state index contributed by atoms with van der Waals surface area (Å²) in [6, 6.07) is 8.34. The van der Waals surface area contributed by atoms with Gasteiger partial charge in [-0.25, -0.2) is 0 Å². The zero-order chi connectivity index (χ0) is 20.9. The van der Waals surface area contributed by atoms with E-state index in [0.717, 1.165) is 5.56 Å². The minimum absolute atomic E-state index is 0.0719. The van der Waals surface area contributed by atoms with Crippen LogP contribution < -0.4 is 5.32 Å². The number of hydrogen-bond acceptors (Lipinski definition) is 6. The molecule has 7 nitrogen and oxygen atoms in total. The van der Waals surface area contributed by atoms with Gasteiger partial charge in [0.2, 0.25) is 5.91 Å². The molecule has 7 heteroatoms. The van der Waals surface area contributed by atoms with E-state index in [1.807, 2.05) is 30.3 Å². The molecular weight excluding hydrogens is 362 g/mol. The van der Waals surface area contributed by atoms with Gasteiger partial charge >= 0.3 is 11.9 Å². The molecule has 2 rings (SSSR count). The van der Waals surface area contributed by atoms with Crippen LogP contribution in [0.1, 0.15) is 39.7 Å². The van der Waals surface area contributed by atoms with Crippen molar-refractivity contribution in [1.29, 1.82) is 0 Å². The van der Waals surface area contributed by atoms with Gasteiger partial charge in [-0.05, 0) is 39.7 Å². The second kappa shape index (κ2) is 8.73. The highest BCUT2D eigenvalue weighted by atomic mass is 16.6. The van der Waals surface area contributed by atoms with E-state index in [2.05, 4.69) is 5.32 Å². The molecule has 3 atom stereocenters. The smallest absolute Gasteiger partial charge is 0.322 e. The molecule has 1 aromatic carbocycles. The van der Waals surface area contributed by atoms with Gasteiger partial charge in [-0.15, -0.1) is 0 Å². The Hall–Kier alpha value is -2.41. The molecule has 1 aromatic rings. The maximum absolute atomic E-state index is 13.0. The Morgan fingerprint density at radius 1 is 1.21 bits per heavy atom. The highest BCUT2D eigenvalue weighted by molar-refractivity contribution is 6.05. The van der Waals surface area contributed by atoms with Crippen LogP contribution in [0.4, 0.5) is 0 Å². The molecule has 1 heterocycles. The third kappa shape index (κ3) is 4.70. The highest BCUT2D eigenvalue weighted by Gasteiger charge is 2.61. The summed E-state index contributed by atoms with van der Waals surface area (Å²) >= 11 is 0. The fraction of sp³-hybridized carbons (Fsp3) is 0.571. The second-order valence-corrected chi connectivity index (χ2v) is 8.01. The summed E-state index contributed by atoms with van der Waals surface area (Å²) in [6.07, 6.45) is -0.116. The predicted octanol–water partition coefficient (Wildman–Crippen LogP) is 1.62. The Bertz CT molecular complexity index is 711. The zero-order valence-corrected chi connectivity index (χ0v) is 16.9. The van der Waals surface area contributed by atoms with Crippen molar-refractivity contribution in [2.75, 3.05) is 13.2 Å². The van der Waals surface area contributed by atoms with Crippen LogP contribution in [0.2, 0.25) is 0 Å². The molecule has 1 fully saturated rings. The van der Waals surface area contributed by atoms with Crippen LogP contribution in [0.3, 0.4) is 0 Å². The summed E-state index contributed by atoms with van der Waals surface area (Å²) in [7, 11) is 0. The van der Waals surface area contributed by atoms with Crippen LogP contribution in [0, 0.1) is 11.3 Å². The van der Waals surface area contributed by atoms with E-state index in [1.54, 1.807) is 27.7 Å². The summed E-state index contributed by atoms with van der Waals surface area (Å²) in [6.45, 7) is 6.60. The van der Waals surface area contributed by atoms with Crippen molar-refractivity contribution in [3.63, 3.8) is 0 Å². The third-order valence-corrected chi connectivity index (χ3v) is 4.81. The topological polar surface area (TPSA) is 102 Å². The molecule has 1 saturated heterocycles. The standard InChI is InChI=1S/C21H29NO6/c1-5-27-19(26)21(12-14-9-7-6-8-10-14)15(16(13-23)22-18(21)25)11-17(24)28-20(2,3)4/h6-10,15-16,23H,5,11-13H2,1-4H3,(H,22,25)/t15-,16-,21+/m1/s1. The SMILES string of the molecule is CCOC(=O)[C@]1(Cc2ccccc2)C(=O)N[C@H](CO)[C@H]1CC(=O)OC(C)(C)C. The first kappa shape index (κ1) is 21.9. The van der Waals surface area contributed by atoms with Gasteiger partial charge in [0, 0.05) is 5.92 Å². The molecule has 1 aliphatic heterocycles. The van der Waals surface area contributed by atoms with Crippen LogP contribution in [0.25, 0.3) is 0 Å². The Balaban J connectivity index is 2.45. The molecule has 0 aliphatic carbocycles. The van der Waals surface area contributed by atoms with Crippen molar-refractivity contribution in [3.05, 3.63) is 35.9 Å². The lowest BCUT2D eigenvalue weighted by atomic mass is 9.69. The van der Waals surface area contributed by atoms with Crippen LogP contribution in [-0.2, 0) is 30.3 Å².